The Kier molecular flexibility index (Phi) is 7.21. The minimum Gasteiger partial charge on any atom is -0.497 e. The third-order valence-corrected chi connectivity index (χ3v) is 6.51. The number of urea groups is 1. The first-order valence-corrected chi connectivity index (χ1v) is 11.7. The van der Waals surface area contributed by atoms with E-state index in [1.165, 1.54) is 17.1 Å². The number of hydrogen-bond donors (Lipinski definition) is 2. The first-order chi connectivity index (χ1) is 15.6. The van der Waals surface area contributed by atoms with Crippen molar-refractivity contribution >= 4 is 28.4 Å². The molecular weight excluding hydrogens is 422 g/mol. The molecule has 0 aliphatic carbocycles. The molecule has 168 valence electrons. The SMILES string of the molecule is COc1cccc(Cc2nsc(N3CCC(CNC(=O)Nc4ccc(C)cc4)CC3)n2)c1. The van der Waals surface area contributed by atoms with Crippen LogP contribution in [0.15, 0.2) is 48.5 Å². The molecule has 1 aliphatic rings. The van der Waals surface area contributed by atoms with Crippen LogP contribution in [0.2, 0.25) is 0 Å². The number of nitrogens with zero attached hydrogens (tertiary/aromatic N) is 3. The van der Waals surface area contributed by atoms with E-state index in [-0.39, 0.29) is 6.03 Å². The highest BCUT2D eigenvalue weighted by molar-refractivity contribution is 7.09. The van der Waals surface area contributed by atoms with E-state index >= 15 is 0 Å². The lowest BCUT2D eigenvalue weighted by Gasteiger charge is -2.31. The maximum Gasteiger partial charge on any atom is 0.319 e. The van der Waals surface area contributed by atoms with E-state index < -0.39 is 0 Å². The van der Waals surface area contributed by atoms with Gasteiger partial charge in [0.1, 0.15) is 11.6 Å². The normalized spacial score (nSPS) is 14.2. The highest BCUT2D eigenvalue weighted by Gasteiger charge is 2.22. The Balaban J connectivity index is 1.21. The van der Waals surface area contributed by atoms with Crippen LogP contribution in [-0.2, 0) is 6.42 Å². The molecule has 2 N–H and O–H groups in total. The fraction of sp³-hybridized carbons (Fsp3) is 0.375. The first kappa shape index (κ1) is 22.1. The summed E-state index contributed by atoms with van der Waals surface area (Å²) in [7, 11) is 1.67. The number of carbonyl (C=O) groups excluding carboxylic acids is 1. The lowest BCUT2D eigenvalue weighted by atomic mass is 9.97. The zero-order valence-corrected chi connectivity index (χ0v) is 19.3. The number of ether oxygens (including phenoxy) is 1. The number of carbonyl (C=O) groups is 1. The summed E-state index contributed by atoms with van der Waals surface area (Å²) >= 11 is 1.46. The molecule has 0 bridgehead atoms. The molecule has 1 aromatic heterocycles. The van der Waals surface area contributed by atoms with Crippen molar-refractivity contribution in [3.8, 4) is 5.75 Å². The van der Waals surface area contributed by atoms with Crippen LogP contribution in [0.3, 0.4) is 0 Å². The predicted octanol–water partition coefficient (Wildman–Crippen LogP) is 4.48. The zero-order valence-electron chi connectivity index (χ0n) is 18.5. The van der Waals surface area contributed by atoms with Gasteiger partial charge in [-0.1, -0.05) is 29.8 Å². The summed E-state index contributed by atoms with van der Waals surface area (Å²) in [5.41, 5.74) is 3.12. The van der Waals surface area contributed by atoms with Crippen LogP contribution in [0.4, 0.5) is 15.6 Å². The summed E-state index contributed by atoms with van der Waals surface area (Å²) in [5, 5.41) is 6.87. The van der Waals surface area contributed by atoms with Crippen molar-refractivity contribution in [2.24, 2.45) is 5.92 Å². The Morgan fingerprint density at radius 1 is 1.19 bits per heavy atom. The highest BCUT2D eigenvalue weighted by Crippen LogP contribution is 2.25. The Morgan fingerprint density at radius 2 is 1.97 bits per heavy atom. The molecule has 0 atom stereocenters. The summed E-state index contributed by atoms with van der Waals surface area (Å²) in [6.07, 6.45) is 2.75. The molecule has 2 amide bonds. The number of aryl methyl sites for hydroxylation is 1. The van der Waals surface area contributed by atoms with Gasteiger partial charge >= 0.3 is 6.03 Å². The first-order valence-electron chi connectivity index (χ1n) is 10.9. The molecule has 0 saturated carbocycles. The van der Waals surface area contributed by atoms with Crippen LogP contribution in [-0.4, -0.2) is 42.1 Å². The molecule has 32 heavy (non-hydrogen) atoms. The molecule has 0 radical (unpaired) electrons. The summed E-state index contributed by atoms with van der Waals surface area (Å²) in [6.45, 7) is 4.57. The fourth-order valence-corrected chi connectivity index (χ4v) is 4.52. The van der Waals surface area contributed by atoms with Crippen molar-refractivity contribution in [3.05, 3.63) is 65.5 Å². The van der Waals surface area contributed by atoms with E-state index in [2.05, 4.69) is 26.0 Å². The molecule has 1 saturated heterocycles. The number of anilines is 2. The van der Waals surface area contributed by atoms with Gasteiger partial charge in [0, 0.05) is 43.3 Å². The van der Waals surface area contributed by atoms with Crippen molar-refractivity contribution in [3.63, 3.8) is 0 Å². The Bertz CT molecular complexity index is 1030. The van der Waals surface area contributed by atoms with E-state index in [9.17, 15) is 4.79 Å². The smallest absolute Gasteiger partial charge is 0.319 e. The van der Waals surface area contributed by atoms with E-state index in [0.29, 0.717) is 18.9 Å². The van der Waals surface area contributed by atoms with Gasteiger partial charge in [-0.15, -0.1) is 0 Å². The van der Waals surface area contributed by atoms with Gasteiger partial charge in [-0.2, -0.15) is 4.37 Å². The van der Waals surface area contributed by atoms with Gasteiger partial charge < -0.3 is 20.3 Å². The summed E-state index contributed by atoms with van der Waals surface area (Å²) in [5.74, 6) is 2.16. The average Bonchev–Trinajstić information content (AvgIpc) is 3.28. The molecular formula is C24H29N5O2S. The Labute approximate surface area is 193 Å². The molecule has 2 heterocycles. The van der Waals surface area contributed by atoms with Crippen molar-refractivity contribution in [1.29, 1.82) is 0 Å². The summed E-state index contributed by atoms with van der Waals surface area (Å²) in [6, 6.07) is 15.7. The third-order valence-electron chi connectivity index (χ3n) is 5.70. The van der Waals surface area contributed by atoms with E-state index in [1.54, 1.807) is 7.11 Å². The lowest BCUT2D eigenvalue weighted by molar-refractivity contribution is 0.248. The maximum atomic E-state index is 12.2. The van der Waals surface area contributed by atoms with Crippen LogP contribution in [0.5, 0.6) is 5.75 Å². The topological polar surface area (TPSA) is 79.4 Å². The van der Waals surface area contributed by atoms with Crippen molar-refractivity contribution in [2.75, 3.05) is 37.0 Å². The molecule has 1 aliphatic heterocycles. The molecule has 8 heteroatoms. The largest absolute Gasteiger partial charge is 0.497 e. The number of nitrogens with one attached hydrogen (secondary N) is 2. The lowest BCUT2D eigenvalue weighted by Crippen LogP contribution is -2.39. The Morgan fingerprint density at radius 3 is 2.72 bits per heavy atom. The molecule has 3 aromatic rings. The second kappa shape index (κ2) is 10.5. The van der Waals surface area contributed by atoms with Gasteiger partial charge in [0.05, 0.1) is 7.11 Å². The van der Waals surface area contributed by atoms with Gasteiger partial charge in [0.2, 0.25) is 5.13 Å². The second-order valence-electron chi connectivity index (χ2n) is 8.15. The average molecular weight is 452 g/mol. The molecule has 1 fully saturated rings. The number of aromatic nitrogens is 2. The Hall–Kier alpha value is -3.13. The molecule has 7 nitrogen and oxygen atoms in total. The van der Waals surface area contributed by atoms with Crippen LogP contribution >= 0.6 is 11.5 Å². The maximum absolute atomic E-state index is 12.2. The van der Waals surface area contributed by atoms with Crippen LogP contribution < -0.4 is 20.3 Å². The minimum absolute atomic E-state index is 0.150. The van der Waals surface area contributed by atoms with Crippen LogP contribution in [0.1, 0.15) is 29.8 Å². The van der Waals surface area contributed by atoms with Gasteiger partial charge in [-0.25, -0.2) is 9.78 Å². The van der Waals surface area contributed by atoms with Gasteiger partial charge in [-0.05, 0) is 55.5 Å². The molecule has 0 unspecified atom stereocenters. The van der Waals surface area contributed by atoms with E-state index in [0.717, 1.165) is 53.9 Å². The predicted molar refractivity (Wildman–Crippen MR) is 129 cm³/mol. The third kappa shape index (κ3) is 5.97. The summed E-state index contributed by atoms with van der Waals surface area (Å²) in [4.78, 5) is 19.2. The zero-order chi connectivity index (χ0) is 22.3. The van der Waals surface area contributed by atoms with Gasteiger partial charge in [-0.3, -0.25) is 0 Å². The summed E-state index contributed by atoms with van der Waals surface area (Å²) < 4.78 is 9.84. The van der Waals surface area contributed by atoms with Crippen molar-refractivity contribution < 1.29 is 9.53 Å². The minimum atomic E-state index is -0.150. The van der Waals surface area contributed by atoms with Crippen LogP contribution in [0.25, 0.3) is 0 Å². The van der Waals surface area contributed by atoms with Crippen LogP contribution in [0, 0.1) is 12.8 Å². The van der Waals surface area contributed by atoms with Crippen molar-refractivity contribution in [1.82, 2.24) is 14.7 Å². The van der Waals surface area contributed by atoms with Gasteiger partial charge in [0.25, 0.3) is 0 Å². The number of benzene rings is 2. The number of amides is 2. The monoisotopic (exact) mass is 451 g/mol. The fourth-order valence-electron chi connectivity index (χ4n) is 3.79. The quantitative estimate of drug-likeness (QED) is 0.554. The number of piperidine rings is 1. The number of hydrogen-bond acceptors (Lipinski definition) is 6. The van der Waals surface area contributed by atoms with E-state index in [1.807, 2.05) is 49.4 Å². The van der Waals surface area contributed by atoms with E-state index in [4.69, 9.17) is 9.72 Å². The standard InChI is InChI=1S/C24H29N5O2S/c1-17-6-8-20(9-7-17)26-23(30)25-16-18-10-12-29(13-11-18)24-27-22(28-32-24)15-19-4-3-5-21(14-19)31-2/h3-9,14,18H,10-13,15-16H2,1-2H3,(H2,25,26,30). The molecule has 2 aromatic carbocycles. The molecule has 0 spiro atoms. The van der Waals surface area contributed by atoms with Crippen molar-refractivity contribution in [2.45, 2.75) is 26.2 Å². The number of rotatable bonds is 7. The van der Waals surface area contributed by atoms with Gasteiger partial charge in [0.15, 0.2) is 0 Å². The number of methoxy groups -OCH3 is 1. The highest BCUT2D eigenvalue weighted by atomic mass is 32.1. The second-order valence-corrected chi connectivity index (χ2v) is 8.88. The molecule has 4 rings (SSSR count).